The molecule has 0 fully saturated rings. The zero-order chi connectivity index (χ0) is 46.8. The maximum Gasteiger partial charge on any atom is 0.228 e. The molecule has 2 unspecified atom stereocenters. The van der Waals surface area contributed by atoms with E-state index in [4.69, 9.17) is 4.74 Å². The third kappa shape index (κ3) is 13.3. The maximum atomic E-state index is 14.2. The van der Waals surface area contributed by atoms with Gasteiger partial charge in [-0.2, -0.15) is 0 Å². The molecule has 348 valence electrons. The van der Waals surface area contributed by atoms with E-state index in [1.54, 1.807) is 62.5 Å². The zero-order valence-corrected chi connectivity index (χ0v) is 41.0. The van der Waals surface area contributed by atoms with E-state index in [0.717, 1.165) is 85.3 Å². The van der Waals surface area contributed by atoms with Gasteiger partial charge < -0.3 is 23.7 Å². The predicted octanol–water partition coefficient (Wildman–Crippen LogP) is 9.34. The van der Waals surface area contributed by atoms with Gasteiger partial charge in [0.2, 0.25) is 11.8 Å². The highest BCUT2D eigenvalue weighted by Gasteiger charge is 2.41. The Morgan fingerprint density at radius 3 is 1.32 bits per heavy atom. The van der Waals surface area contributed by atoms with Crippen LogP contribution in [0.5, 0.6) is 0 Å². The molecular formula is C50H78N8O5. The number of rotatable bonds is 26. The van der Waals surface area contributed by atoms with Crippen LogP contribution in [0.1, 0.15) is 145 Å². The molecule has 0 bridgehead atoms. The second-order valence-corrected chi connectivity index (χ2v) is 20.1. The van der Waals surface area contributed by atoms with Crippen molar-refractivity contribution in [1.82, 2.24) is 38.9 Å². The van der Waals surface area contributed by atoms with Crippen molar-refractivity contribution >= 4 is 45.4 Å². The number of aryl methyl sites for hydroxylation is 4. The van der Waals surface area contributed by atoms with E-state index in [0.29, 0.717) is 25.7 Å². The van der Waals surface area contributed by atoms with Crippen LogP contribution in [-0.2, 0) is 37.0 Å². The van der Waals surface area contributed by atoms with Gasteiger partial charge in [-0.1, -0.05) is 81.1 Å². The molecule has 4 aromatic rings. The molecule has 13 nitrogen and oxygen atoms in total. The molecule has 0 radical (unpaired) electrons. The number of carbonyl (C=O) groups excluding carboxylic acids is 4. The number of unbranched alkanes of at least 4 members (excludes halogenated alkanes) is 4. The summed E-state index contributed by atoms with van der Waals surface area (Å²) in [5, 5.41) is 0. The molecule has 0 aromatic carbocycles. The van der Waals surface area contributed by atoms with E-state index in [-0.39, 0.29) is 35.2 Å². The number of nitrogens with zero attached hydrogens (tertiary/aromatic N) is 8. The summed E-state index contributed by atoms with van der Waals surface area (Å²) in [6.45, 7) is 25.1. The first-order chi connectivity index (χ1) is 29.6. The van der Waals surface area contributed by atoms with Crippen LogP contribution < -0.4 is 0 Å². The SMILES string of the molecule is Cc1nc2cnccc2n1CCCCCC(C)(C)C(=O)N(C)[C@@H](CC(C)C)C(=O)C(C)OC(C)C(=O)[C@H](CC(C)C)N(C)C(=O)C(C)(C)CCCCCn1c(C)nc2cnccc21. The molecule has 0 aliphatic carbocycles. The van der Waals surface area contributed by atoms with Crippen molar-refractivity contribution in [1.29, 1.82) is 0 Å². The quantitative estimate of drug-likeness (QED) is 0.0564. The third-order valence-electron chi connectivity index (χ3n) is 12.8. The number of fused-ring (bicyclic) bond motifs is 2. The summed E-state index contributed by atoms with van der Waals surface area (Å²) in [6, 6.07) is 2.57. The largest absolute Gasteiger partial charge is 0.360 e. The van der Waals surface area contributed by atoms with E-state index in [9.17, 15) is 19.2 Å². The molecular weight excluding hydrogens is 793 g/mol. The maximum absolute atomic E-state index is 14.2. The Labute approximate surface area is 377 Å². The fourth-order valence-corrected chi connectivity index (χ4v) is 9.05. The van der Waals surface area contributed by atoms with Crippen molar-refractivity contribution in [2.24, 2.45) is 22.7 Å². The highest BCUT2D eigenvalue weighted by atomic mass is 16.5. The summed E-state index contributed by atoms with van der Waals surface area (Å²) in [6.07, 6.45) is 13.2. The van der Waals surface area contributed by atoms with Gasteiger partial charge in [0.25, 0.3) is 0 Å². The van der Waals surface area contributed by atoms with Gasteiger partial charge in [-0.15, -0.1) is 0 Å². The monoisotopic (exact) mass is 871 g/mol. The lowest BCUT2D eigenvalue weighted by molar-refractivity contribution is -0.156. The van der Waals surface area contributed by atoms with Crippen LogP contribution >= 0.6 is 0 Å². The number of likely N-dealkylation sites (N-methyl/N-ethyl adjacent to an activating group) is 2. The van der Waals surface area contributed by atoms with Crippen LogP contribution in [0.4, 0.5) is 0 Å². The lowest BCUT2D eigenvalue weighted by Crippen LogP contribution is -2.53. The number of Topliss-reactive ketones (excluding diaryl/α,β-unsaturated/α-hetero) is 2. The van der Waals surface area contributed by atoms with Crippen LogP contribution in [-0.4, -0.2) is 101 Å². The average molecular weight is 871 g/mol. The minimum absolute atomic E-state index is 0.0822. The van der Waals surface area contributed by atoms with Crippen LogP contribution in [0, 0.1) is 36.5 Å². The Morgan fingerprint density at radius 1 is 0.603 bits per heavy atom. The Balaban J connectivity index is 1.32. The van der Waals surface area contributed by atoms with Crippen LogP contribution in [0.2, 0.25) is 0 Å². The standard InChI is InChI=1S/C50H78N8O5/c1-33(2)29-43(55(13)47(61)49(9,10)23-17-15-19-27-57-37(7)53-39-31-51-25-21-41(39)57)45(59)35(5)63-36(6)46(60)44(30-34(3)4)56(14)48(62)50(11,12)24-18-16-20-28-58-38(8)54-40-32-52-26-22-42(40)58/h21-22,25-26,31-36,43-44H,15-20,23-24,27-30H2,1-14H3/t35?,36?,43-,44-/m0/s1. The lowest BCUT2D eigenvalue weighted by Gasteiger charge is -2.37. The predicted molar refractivity (Wildman–Crippen MR) is 251 cm³/mol. The van der Waals surface area contributed by atoms with Gasteiger partial charge >= 0.3 is 0 Å². The summed E-state index contributed by atoms with van der Waals surface area (Å²) in [5.41, 5.74) is 2.60. The van der Waals surface area contributed by atoms with Crippen LogP contribution in [0.25, 0.3) is 22.1 Å². The third-order valence-corrected chi connectivity index (χ3v) is 12.8. The van der Waals surface area contributed by atoms with Gasteiger partial charge in [-0.05, 0) is 90.2 Å². The summed E-state index contributed by atoms with van der Waals surface area (Å²) >= 11 is 0. The fourth-order valence-electron chi connectivity index (χ4n) is 9.05. The van der Waals surface area contributed by atoms with Gasteiger partial charge in [0, 0.05) is 50.4 Å². The molecule has 2 amide bonds. The van der Waals surface area contributed by atoms with Gasteiger partial charge in [-0.3, -0.25) is 29.1 Å². The normalized spacial score (nSPS) is 14.3. The van der Waals surface area contributed by atoms with Gasteiger partial charge in [0.05, 0.1) is 35.5 Å². The number of carbonyl (C=O) groups is 4. The molecule has 0 spiro atoms. The number of aromatic nitrogens is 6. The van der Waals surface area contributed by atoms with E-state index < -0.39 is 35.1 Å². The first-order valence-corrected chi connectivity index (χ1v) is 23.4. The summed E-state index contributed by atoms with van der Waals surface area (Å²) in [7, 11) is 3.44. The lowest BCUT2D eigenvalue weighted by atomic mass is 9.84. The van der Waals surface area contributed by atoms with Gasteiger partial charge in [-0.25, -0.2) is 9.97 Å². The highest BCUT2D eigenvalue weighted by Crippen LogP contribution is 2.31. The number of pyridine rings is 2. The summed E-state index contributed by atoms with van der Waals surface area (Å²) in [5.74, 6) is 1.59. The molecule has 4 aromatic heterocycles. The second-order valence-electron chi connectivity index (χ2n) is 20.1. The van der Waals surface area contributed by atoms with Crippen LogP contribution in [0.15, 0.2) is 36.9 Å². The number of imidazole rings is 2. The molecule has 13 heteroatoms. The molecule has 0 saturated heterocycles. The molecule has 4 heterocycles. The smallest absolute Gasteiger partial charge is 0.228 e. The molecule has 0 saturated carbocycles. The number of hydrogen-bond acceptors (Lipinski definition) is 9. The van der Waals surface area contributed by atoms with Crippen molar-refractivity contribution in [2.45, 2.75) is 185 Å². The average Bonchev–Trinajstić information content (AvgIpc) is 3.73. The van der Waals surface area contributed by atoms with E-state index in [1.165, 1.54) is 0 Å². The summed E-state index contributed by atoms with van der Waals surface area (Å²) in [4.78, 5) is 77.6. The number of ketones is 2. The highest BCUT2D eigenvalue weighted by molar-refractivity contribution is 5.95. The Hall–Kier alpha value is -4.52. The minimum atomic E-state index is -0.942. The molecule has 0 aliphatic heterocycles. The number of amides is 2. The van der Waals surface area contributed by atoms with Crippen molar-refractivity contribution in [3.8, 4) is 0 Å². The minimum Gasteiger partial charge on any atom is -0.360 e. The Morgan fingerprint density at radius 2 is 0.968 bits per heavy atom. The molecule has 4 rings (SSSR count). The second kappa shape index (κ2) is 22.4. The molecule has 63 heavy (non-hydrogen) atoms. The number of ether oxygens (including phenoxy) is 1. The first-order valence-electron chi connectivity index (χ1n) is 23.4. The summed E-state index contributed by atoms with van der Waals surface area (Å²) < 4.78 is 10.7. The fraction of sp³-hybridized carbons (Fsp3) is 0.680. The van der Waals surface area contributed by atoms with Crippen molar-refractivity contribution < 1.29 is 23.9 Å². The van der Waals surface area contributed by atoms with Crippen molar-refractivity contribution in [2.75, 3.05) is 14.1 Å². The van der Waals surface area contributed by atoms with E-state index >= 15 is 0 Å². The molecule has 4 atom stereocenters. The van der Waals surface area contributed by atoms with Gasteiger partial charge in [0.15, 0.2) is 11.6 Å². The van der Waals surface area contributed by atoms with Crippen molar-refractivity contribution in [3.05, 3.63) is 48.6 Å². The van der Waals surface area contributed by atoms with Gasteiger partial charge in [0.1, 0.15) is 34.9 Å². The van der Waals surface area contributed by atoms with E-state index in [2.05, 4.69) is 29.1 Å². The zero-order valence-electron chi connectivity index (χ0n) is 41.0. The first kappa shape index (κ1) is 51.1. The Bertz CT molecular complexity index is 2000. The van der Waals surface area contributed by atoms with E-state index in [1.807, 2.05) is 81.4 Å². The van der Waals surface area contributed by atoms with Crippen LogP contribution in [0.3, 0.4) is 0 Å². The molecule has 0 N–H and O–H groups in total. The molecule has 0 aliphatic rings. The van der Waals surface area contributed by atoms with Crippen molar-refractivity contribution in [3.63, 3.8) is 0 Å². The Kier molecular flexibility index (Phi) is 18.2. The topological polar surface area (TPSA) is 145 Å². The number of hydrogen-bond donors (Lipinski definition) is 0.